The molecular weight excluding hydrogens is 568 g/mol. The van der Waals surface area contributed by atoms with Crippen molar-refractivity contribution in [2.45, 2.75) is 117 Å². The molecule has 0 fully saturated rings. The van der Waals surface area contributed by atoms with Crippen LogP contribution in [0.4, 0.5) is 0 Å². The number of hydrogen-bond donors (Lipinski definition) is 1. The zero-order valence-electron chi connectivity index (χ0n) is 28.4. The Morgan fingerprint density at radius 1 is 0.391 bits per heavy atom. The molecule has 46 heavy (non-hydrogen) atoms. The molecule has 0 radical (unpaired) electrons. The van der Waals surface area contributed by atoms with Gasteiger partial charge in [0.25, 0.3) is 0 Å². The van der Waals surface area contributed by atoms with Crippen molar-refractivity contribution in [2.75, 3.05) is 0 Å². The summed E-state index contributed by atoms with van der Waals surface area (Å²) in [4.78, 5) is 0. The van der Waals surface area contributed by atoms with Crippen LogP contribution in [0.3, 0.4) is 0 Å². The number of aromatic hydroxyl groups is 1. The van der Waals surface area contributed by atoms with E-state index in [4.69, 9.17) is 14.2 Å². The van der Waals surface area contributed by atoms with E-state index < -0.39 is 0 Å². The first-order valence-electron chi connectivity index (χ1n) is 17.8. The summed E-state index contributed by atoms with van der Waals surface area (Å²) in [5, 5.41) is 11.3. The van der Waals surface area contributed by atoms with Crippen molar-refractivity contribution < 1.29 is 19.3 Å². The van der Waals surface area contributed by atoms with Crippen molar-refractivity contribution in [1.29, 1.82) is 0 Å². The Balaban J connectivity index is 1.71. The molecule has 0 aliphatic heterocycles. The molecule has 4 aromatic carbocycles. The van der Waals surface area contributed by atoms with Gasteiger partial charge in [0.1, 0.15) is 17.2 Å². The molecule has 0 saturated carbocycles. The van der Waals surface area contributed by atoms with Gasteiger partial charge in [0, 0.05) is 0 Å². The molecule has 0 amide bonds. The first-order valence-corrected chi connectivity index (χ1v) is 17.8. The monoisotopic (exact) mass is 622 g/mol. The lowest BCUT2D eigenvalue weighted by Crippen LogP contribution is -2.00. The van der Waals surface area contributed by atoms with Crippen LogP contribution in [-0.4, -0.2) is 5.11 Å². The van der Waals surface area contributed by atoms with E-state index in [0.717, 1.165) is 72.5 Å². The van der Waals surface area contributed by atoms with Gasteiger partial charge in [-0.2, -0.15) is 0 Å². The minimum absolute atomic E-state index is 0.0106. The number of unbranched alkanes of at least 4 members (excludes halogenated alkanes) is 9. The fourth-order valence-corrected chi connectivity index (χ4v) is 5.80. The standard InChI is InChI=1S/C42H54O4/c1-4-7-10-13-22-33-25-16-19-28-37(33)44-40-32-31-36(43)41(45-38-29-20-17-26-34(38)23-14-11-8-5-2)42(40)46-39-30-21-18-27-35(39)24-15-12-9-6-3/h16-21,25-32,43H,4-15,22-24H2,1-3H3. The third-order valence-corrected chi connectivity index (χ3v) is 8.52. The molecule has 0 aliphatic carbocycles. The molecule has 0 unspecified atom stereocenters. The van der Waals surface area contributed by atoms with E-state index in [1.54, 1.807) is 12.1 Å². The van der Waals surface area contributed by atoms with Crippen LogP contribution in [0.1, 0.15) is 115 Å². The van der Waals surface area contributed by atoms with Crippen LogP contribution in [0, 0.1) is 0 Å². The number of rotatable bonds is 21. The average molecular weight is 623 g/mol. The van der Waals surface area contributed by atoms with Crippen LogP contribution >= 0.6 is 0 Å². The van der Waals surface area contributed by atoms with Crippen molar-refractivity contribution in [3.8, 4) is 40.2 Å². The highest BCUT2D eigenvalue weighted by molar-refractivity contribution is 5.62. The van der Waals surface area contributed by atoms with Crippen LogP contribution in [0.15, 0.2) is 84.9 Å². The van der Waals surface area contributed by atoms with E-state index in [1.807, 2.05) is 42.5 Å². The summed E-state index contributed by atoms with van der Waals surface area (Å²) in [5.41, 5.74) is 3.41. The Morgan fingerprint density at radius 3 is 1.22 bits per heavy atom. The van der Waals surface area contributed by atoms with E-state index in [0.29, 0.717) is 11.5 Å². The second-order valence-corrected chi connectivity index (χ2v) is 12.3. The largest absolute Gasteiger partial charge is 0.504 e. The van der Waals surface area contributed by atoms with E-state index in [-0.39, 0.29) is 11.5 Å². The summed E-state index contributed by atoms with van der Waals surface area (Å²) in [6.07, 6.45) is 16.9. The van der Waals surface area contributed by atoms with Gasteiger partial charge in [-0.05, 0) is 85.5 Å². The molecule has 4 heteroatoms. The van der Waals surface area contributed by atoms with Crippen molar-refractivity contribution in [2.24, 2.45) is 0 Å². The third-order valence-electron chi connectivity index (χ3n) is 8.52. The normalized spacial score (nSPS) is 11.0. The first kappa shape index (κ1) is 34.9. The zero-order chi connectivity index (χ0) is 32.4. The van der Waals surface area contributed by atoms with Crippen LogP contribution in [-0.2, 0) is 19.3 Å². The Hall–Kier alpha value is -3.92. The predicted octanol–water partition coefficient (Wildman–Crippen LogP) is 13.1. The van der Waals surface area contributed by atoms with Crippen LogP contribution in [0.25, 0.3) is 0 Å². The Morgan fingerprint density at radius 2 is 0.783 bits per heavy atom. The number of hydrogen-bond acceptors (Lipinski definition) is 4. The topological polar surface area (TPSA) is 47.9 Å². The average Bonchev–Trinajstić information content (AvgIpc) is 3.08. The molecule has 0 saturated heterocycles. The molecule has 4 nitrogen and oxygen atoms in total. The molecule has 0 spiro atoms. The van der Waals surface area contributed by atoms with Gasteiger partial charge in [0.15, 0.2) is 11.5 Å². The number of benzene rings is 4. The number of aryl methyl sites for hydroxylation is 3. The summed E-state index contributed by atoms with van der Waals surface area (Å²) < 4.78 is 20.0. The SMILES string of the molecule is CCCCCCc1ccccc1Oc1ccc(O)c(Oc2ccccc2CCCCCC)c1Oc1ccccc1CCCCCC. The molecule has 4 rings (SSSR count). The van der Waals surface area contributed by atoms with Crippen molar-refractivity contribution >= 4 is 0 Å². The van der Waals surface area contributed by atoms with Crippen LogP contribution in [0.5, 0.6) is 40.2 Å². The van der Waals surface area contributed by atoms with E-state index >= 15 is 0 Å². The van der Waals surface area contributed by atoms with E-state index in [2.05, 4.69) is 51.1 Å². The molecule has 4 aromatic rings. The minimum atomic E-state index is 0.0106. The molecule has 0 aliphatic rings. The summed E-state index contributed by atoms with van der Waals surface area (Å²) in [6, 6.07) is 27.9. The summed E-state index contributed by atoms with van der Waals surface area (Å²) in [6.45, 7) is 6.69. The van der Waals surface area contributed by atoms with Crippen molar-refractivity contribution in [3.63, 3.8) is 0 Å². The highest BCUT2D eigenvalue weighted by Crippen LogP contribution is 2.50. The maximum Gasteiger partial charge on any atom is 0.216 e. The van der Waals surface area contributed by atoms with Gasteiger partial charge < -0.3 is 19.3 Å². The number of ether oxygens (including phenoxy) is 3. The van der Waals surface area contributed by atoms with Crippen LogP contribution in [0.2, 0.25) is 0 Å². The lowest BCUT2D eigenvalue weighted by Gasteiger charge is -2.20. The fourth-order valence-electron chi connectivity index (χ4n) is 5.80. The predicted molar refractivity (Wildman–Crippen MR) is 191 cm³/mol. The van der Waals surface area contributed by atoms with Gasteiger partial charge in [-0.3, -0.25) is 0 Å². The van der Waals surface area contributed by atoms with Gasteiger partial charge in [0.2, 0.25) is 11.5 Å². The Labute approximate surface area is 277 Å². The minimum Gasteiger partial charge on any atom is -0.504 e. The number of phenols is 1. The second-order valence-electron chi connectivity index (χ2n) is 12.3. The fraction of sp³-hybridized carbons (Fsp3) is 0.429. The van der Waals surface area contributed by atoms with Gasteiger partial charge in [-0.1, -0.05) is 133 Å². The third kappa shape index (κ3) is 10.6. The molecule has 0 atom stereocenters. The van der Waals surface area contributed by atoms with Crippen molar-refractivity contribution in [1.82, 2.24) is 0 Å². The van der Waals surface area contributed by atoms with Gasteiger partial charge >= 0.3 is 0 Å². The Kier molecular flexibility index (Phi) is 14.9. The Bertz CT molecular complexity index is 1460. The molecule has 0 aromatic heterocycles. The lowest BCUT2D eigenvalue weighted by atomic mass is 10.0. The quantitative estimate of drug-likeness (QED) is 0.0939. The van der Waals surface area contributed by atoms with E-state index in [1.165, 1.54) is 57.8 Å². The second kappa shape index (κ2) is 19.6. The highest BCUT2D eigenvalue weighted by Gasteiger charge is 2.23. The van der Waals surface area contributed by atoms with Crippen molar-refractivity contribution in [3.05, 3.63) is 102 Å². The highest BCUT2D eigenvalue weighted by atomic mass is 16.5. The summed E-state index contributed by atoms with van der Waals surface area (Å²) >= 11 is 0. The number of phenolic OH excluding ortho intramolecular Hbond substituents is 1. The summed E-state index contributed by atoms with van der Waals surface area (Å²) in [7, 11) is 0. The first-order chi connectivity index (χ1) is 22.6. The molecule has 0 heterocycles. The molecule has 1 N–H and O–H groups in total. The maximum atomic E-state index is 11.3. The number of para-hydroxylation sites is 3. The van der Waals surface area contributed by atoms with Gasteiger partial charge in [-0.25, -0.2) is 0 Å². The summed E-state index contributed by atoms with van der Waals surface area (Å²) in [5.74, 6) is 3.43. The van der Waals surface area contributed by atoms with Gasteiger partial charge in [-0.15, -0.1) is 0 Å². The lowest BCUT2D eigenvalue weighted by molar-refractivity contribution is 0.359. The van der Waals surface area contributed by atoms with Gasteiger partial charge in [0.05, 0.1) is 0 Å². The molecule has 246 valence electrons. The maximum absolute atomic E-state index is 11.3. The van der Waals surface area contributed by atoms with Crippen LogP contribution < -0.4 is 14.2 Å². The van der Waals surface area contributed by atoms with E-state index in [9.17, 15) is 5.11 Å². The zero-order valence-corrected chi connectivity index (χ0v) is 28.4. The smallest absolute Gasteiger partial charge is 0.216 e. The molecule has 0 bridgehead atoms. The molecular formula is C42H54O4.